The van der Waals surface area contributed by atoms with Crippen molar-refractivity contribution in [1.29, 1.82) is 0 Å². The van der Waals surface area contributed by atoms with Gasteiger partial charge in [0.1, 0.15) is 17.1 Å². The quantitative estimate of drug-likeness (QED) is 0.467. The normalized spacial score (nSPS) is 10.5. The maximum Gasteiger partial charge on any atom is 0.397 e. The Morgan fingerprint density at radius 2 is 1.88 bits per heavy atom. The lowest BCUT2D eigenvalue weighted by Gasteiger charge is -2.24. The zero-order valence-corrected chi connectivity index (χ0v) is 9.28. The van der Waals surface area contributed by atoms with Crippen molar-refractivity contribution in [2.45, 2.75) is 19.4 Å². The zero-order chi connectivity index (χ0) is 13.1. The standard InChI is InChI=1S/C10H11N3O4/c1-10(2,17-9(16)12-13-11)6-3-7(14)5-8(15)4-6/h3-5,14-15H,1-2H3. The molecule has 0 aliphatic heterocycles. The number of benzene rings is 1. The van der Waals surface area contributed by atoms with Crippen LogP contribution in [0.2, 0.25) is 0 Å². The number of nitrogens with zero attached hydrogens (tertiary/aromatic N) is 3. The molecule has 17 heavy (non-hydrogen) atoms. The number of phenolic OH excluding ortho intramolecular Hbond substituents is 2. The molecule has 1 rings (SSSR count). The molecule has 1 aromatic rings. The Bertz CT molecular complexity index is 472. The summed E-state index contributed by atoms with van der Waals surface area (Å²) >= 11 is 0. The van der Waals surface area contributed by atoms with E-state index < -0.39 is 11.7 Å². The Morgan fingerprint density at radius 1 is 1.35 bits per heavy atom. The number of azide groups is 1. The number of aromatic hydroxyl groups is 2. The molecule has 90 valence electrons. The van der Waals surface area contributed by atoms with Gasteiger partial charge >= 0.3 is 6.09 Å². The van der Waals surface area contributed by atoms with E-state index in [2.05, 4.69) is 10.0 Å². The minimum Gasteiger partial charge on any atom is -0.508 e. The predicted octanol–water partition coefficient (Wildman–Crippen LogP) is 2.78. The van der Waals surface area contributed by atoms with Crippen LogP contribution in [0.15, 0.2) is 23.3 Å². The molecule has 1 aromatic carbocycles. The van der Waals surface area contributed by atoms with Crippen molar-refractivity contribution in [1.82, 2.24) is 0 Å². The number of ether oxygens (including phenoxy) is 1. The fourth-order valence-corrected chi connectivity index (χ4v) is 1.28. The Balaban J connectivity index is 3.03. The maximum absolute atomic E-state index is 11.0. The first-order chi connectivity index (χ1) is 7.85. The van der Waals surface area contributed by atoms with Gasteiger partial charge in [0.2, 0.25) is 0 Å². The lowest BCUT2D eigenvalue weighted by molar-refractivity contribution is 0.0429. The number of phenols is 2. The van der Waals surface area contributed by atoms with E-state index in [1.54, 1.807) is 0 Å². The number of rotatable bonds is 2. The highest BCUT2D eigenvalue weighted by molar-refractivity contribution is 5.68. The summed E-state index contributed by atoms with van der Waals surface area (Å²) in [5.41, 5.74) is 7.30. The first kappa shape index (κ1) is 12.7. The zero-order valence-electron chi connectivity index (χ0n) is 9.28. The molecule has 0 heterocycles. The van der Waals surface area contributed by atoms with Crippen molar-refractivity contribution in [2.24, 2.45) is 5.11 Å². The van der Waals surface area contributed by atoms with Gasteiger partial charge in [-0.3, -0.25) is 0 Å². The van der Waals surface area contributed by atoms with Crippen LogP contribution in [0.1, 0.15) is 19.4 Å². The molecule has 0 unspecified atom stereocenters. The first-order valence-corrected chi connectivity index (χ1v) is 4.67. The average Bonchev–Trinajstić information content (AvgIpc) is 2.15. The van der Waals surface area contributed by atoms with Gasteiger partial charge in [-0.2, -0.15) is 0 Å². The van der Waals surface area contributed by atoms with Gasteiger partial charge in [0.05, 0.1) is 0 Å². The van der Waals surface area contributed by atoms with Crippen molar-refractivity contribution in [2.75, 3.05) is 0 Å². The van der Waals surface area contributed by atoms with Gasteiger partial charge in [-0.15, -0.1) is 0 Å². The summed E-state index contributed by atoms with van der Waals surface area (Å²) in [6, 6.07) is 3.82. The number of carbonyl (C=O) groups is 1. The summed E-state index contributed by atoms with van der Waals surface area (Å²) in [6.45, 7) is 3.07. The van der Waals surface area contributed by atoms with Gasteiger partial charge in [0, 0.05) is 21.7 Å². The minimum atomic E-state index is -1.14. The molecule has 0 bridgehead atoms. The summed E-state index contributed by atoms with van der Waals surface area (Å²) in [5, 5.41) is 21.4. The molecule has 0 radical (unpaired) electrons. The predicted molar refractivity (Wildman–Crippen MR) is 58.4 cm³/mol. The van der Waals surface area contributed by atoms with E-state index in [9.17, 15) is 15.0 Å². The lowest BCUT2D eigenvalue weighted by atomic mass is 9.97. The second-order valence-electron chi connectivity index (χ2n) is 3.81. The van der Waals surface area contributed by atoms with E-state index in [-0.39, 0.29) is 11.5 Å². The van der Waals surface area contributed by atoms with E-state index in [0.717, 1.165) is 6.07 Å². The summed E-state index contributed by atoms with van der Waals surface area (Å²) in [4.78, 5) is 13.3. The van der Waals surface area contributed by atoms with Crippen LogP contribution >= 0.6 is 0 Å². The molecule has 1 amide bonds. The van der Waals surface area contributed by atoms with Gasteiger partial charge in [-0.1, -0.05) is 0 Å². The third kappa shape index (κ3) is 3.29. The molecule has 0 saturated heterocycles. The van der Waals surface area contributed by atoms with Crippen LogP contribution in [-0.4, -0.2) is 16.3 Å². The summed E-state index contributed by atoms with van der Waals surface area (Å²) in [7, 11) is 0. The minimum absolute atomic E-state index is 0.159. The molecule has 0 atom stereocenters. The van der Waals surface area contributed by atoms with Crippen LogP contribution in [0.5, 0.6) is 11.5 Å². The lowest BCUT2D eigenvalue weighted by Crippen LogP contribution is -2.23. The molecule has 0 aliphatic carbocycles. The highest BCUT2D eigenvalue weighted by atomic mass is 16.6. The van der Waals surface area contributed by atoms with Crippen LogP contribution in [0.4, 0.5) is 4.79 Å². The molecule has 0 spiro atoms. The summed E-state index contributed by atoms with van der Waals surface area (Å²) in [5.74, 6) is -0.319. The molecular formula is C10H11N3O4. The molecule has 7 nitrogen and oxygen atoms in total. The molecule has 0 aromatic heterocycles. The largest absolute Gasteiger partial charge is 0.508 e. The molecule has 7 heteroatoms. The van der Waals surface area contributed by atoms with Crippen LogP contribution in [0, 0.1) is 0 Å². The van der Waals surface area contributed by atoms with Crippen molar-refractivity contribution in [3.8, 4) is 11.5 Å². The molecule has 0 fully saturated rings. The SMILES string of the molecule is CC(C)(OC(=O)N=[N+]=[N-])c1cc(O)cc(O)c1. The van der Waals surface area contributed by atoms with Crippen molar-refractivity contribution >= 4 is 6.09 Å². The van der Waals surface area contributed by atoms with E-state index >= 15 is 0 Å². The summed E-state index contributed by atoms with van der Waals surface area (Å²) in [6.07, 6.45) is -1.08. The van der Waals surface area contributed by atoms with Gasteiger partial charge in [-0.25, -0.2) is 4.79 Å². The average molecular weight is 237 g/mol. The van der Waals surface area contributed by atoms with Gasteiger partial charge in [-0.05, 0) is 31.5 Å². The van der Waals surface area contributed by atoms with E-state index in [4.69, 9.17) is 10.3 Å². The maximum atomic E-state index is 11.0. The fraction of sp³-hybridized carbons (Fsp3) is 0.300. The third-order valence-electron chi connectivity index (χ3n) is 2.07. The van der Waals surface area contributed by atoms with Gasteiger partial charge in [0.25, 0.3) is 0 Å². The fourth-order valence-electron chi connectivity index (χ4n) is 1.28. The second-order valence-corrected chi connectivity index (χ2v) is 3.81. The topological polar surface area (TPSA) is 116 Å². The number of hydrogen-bond donors (Lipinski definition) is 2. The van der Waals surface area contributed by atoms with E-state index in [1.807, 2.05) is 0 Å². The molecule has 0 aliphatic rings. The molecule has 2 N–H and O–H groups in total. The van der Waals surface area contributed by atoms with Crippen molar-refractivity contribution < 1.29 is 19.7 Å². The molecular weight excluding hydrogens is 226 g/mol. The Kier molecular flexibility index (Phi) is 3.45. The van der Waals surface area contributed by atoms with Crippen LogP contribution in [-0.2, 0) is 10.3 Å². The highest BCUT2D eigenvalue weighted by Crippen LogP contribution is 2.31. The van der Waals surface area contributed by atoms with Crippen LogP contribution in [0.3, 0.4) is 0 Å². The van der Waals surface area contributed by atoms with Gasteiger partial charge in [0.15, 0.2) is 0 Å². The number of carbonyl (C=O) groups excluding carboxylic acids is 1. The number of hydrogen-bond acceptors (Lipinski definition) is 4. The third-order valence-corrected chi connectivity index (χ3v) is 2.07. The number of amides is 1. The molecule has 0 saturated carbocycles. The highest BCUT2D eigenvalue weighted by Gasteiger charge is 2.26. The van der Waals surface area contributed by atoms with E-state index in [1.165, 1.54) is 26.0 Å². The Morgan fingerprint density at radius 3 is 2.35 bits per heavy atom. The van der Waals surface area contributed by atoms with Gasteiger partial charge < -0.3 is 14.9 Å². The van der Waals surface area contributed by atoms with Crippen molar-refractivity contribution in [3.63, 3.8) is 0 Å². The summed E-state index contributed by atoms with van der Waals surface area (Å²) < 4.78 is 4.89. The van der Waals surface area contributed by atoms with Crippen LogP contribution in [0.25, 0.3) is 10.4 Å². The first-order valence-electron chi connectivity index (χ1n) is 4.67. The van der Waals surface area contributed by atoms with Crippen LogP contribution < -0.4 is 0 Å². The Labute approximate surface area is 96.9 Å². The monoisotopic (exact) mass is 237 g/mol. The second kappa shape index (κ2) is 4.63. The van der Waals surface area contributed by atoms with E-state index in [0.29, 0.717) is 5.56 Å². The smallest absolute Gasteiger partial charge is 0.397 e. The van der Waals surface area contributed by atoms with Crippen molar-refractivity contribution in [3.05, 3.63) is 34.2 Å². The Hall–Kier alpha value is -2.40.